The van der Waals surface area contributed by atoms with E-state index in [4.69, 9.17) is 5.73 Å². The summed E-state index contributed by atoms with van der Waals surface area (Å²) in [6, 6.07) is 0.970. The van der Waals surface area contributed by atoms with Crippen LogP contribution in [0.2, 0.25) is 0 Å². The van der Waals surface area contributed by atoms with Gasteiger partial charge in [0.1, 0.15) is 0 Å². The fourth-order valence-corrected chi connectivity index (χ4v) is 2.37. The molecule has 0 aliphatic carbocycles. The summed E-state index contributed by atoms with van der Waals surface area (Å²) in [6.45, 7) is 9.27. The second kappa shape index (κ2) is 5.72. The van der Waals surface area contributed by atoms with Crippen molar-refractivity contribution in [1.29, 1.82) is 0 Å². The molecule has 0 spiro atoms. The van der Waals surface area contributed by atoms with E-state index in [2.05, 4.69) is 25.7 Å². The summed E-state index contributed by atoms with van der Waals surface area (Å²) in [5, 5.41) is 0. The Morgan fingerprint density at radius 3 is 2.64 bits per heavy atom. The van der Waals surface area contributed by atoms with Crippen molar-refractivity contribution in [3.8, 4) is 0 Å². The van der Waals surface area contributed by atoms with E-state index in [0.717, 1.165) is 5.92 Å². The first kappa shape index (κ1) is 12.0. The Hall–Kier alpha value is -0.0800. The topological polar surface area (TPSA) is 29.3 Å². The van der Waals surface area contributed by atoms with Crippen molar-refractivity contribution in [2.45, 2.75) is 58.5 Å². The van der Waals surface area contributed by atoms with Gasteiger partial charge < -0.3 is 5.73 Å². The Balaban J connectivity index is 2.45. The van der Waals surface area contributed by atoms with E-state index >= 15 is 0 Å². The molecule has 0 aromatic heterocycles. The van der Waals surface area contributed by atoms with Crippen LogP contribution in [0, 0.1) is 5.92 Å². The molecule has 0 amide bonds. The summed E-state index contributed by atoms with van der Waals surface area (Å²) in [5.41, 5.74) is 6.03. The molecule has 3 unspecified atom stereocenters. The van der Waals surface area contributed by atoms with Crippen LogP contribution in [0.3, 0.4) is 0 Å². The van der Waals surface area contributed by atoms with Crippen molar-refractivity contribution in [2.75, 3.05) is 13.1 Å². The zero-order chi connectivity index (χ0) is 10.6. The van der Waals surface area contributed by atoms with E-state index in [0.29, 0.717) is 12.1 Å². The van der Waals surface area contributed by atoms with Gasteiger partial charge in [-0.3, -0.25) is 4.90 Å². The maximum atomic E-state index is 6.03. The summed E-state index contributed by atoms with van der Waals surface area (Å²) in [7, 11) is 0. The van der Waals surface area contributed by atoms with Crippen molar-refractivity contribution >= 4 is 0 Å². The molecule has 0 aromatic carbocycles. The minimum absolute atomic E-state index is 0.333. The number of nitrogens with zero attached hydrogens (tertiary/aromatic N) is 1. The van der Waals surface area contributed by atoms with Crippen molar-refractivity contribution < 1.29 is 0 Å². The Morgan fingerprint density at radius 2 is 2.07 bits per heavy atom. The van der Waals surface area contributed by atoms with E-state index in [1.807, 2.05) is 0 Å². The van der Waals surface area contributed by atoms with Gasteiger partial charge in [-0.05, 0) is 32.2 Å². The molecule has 1 saturated heterocycles. The average molecular weight is 198 g/mol. The Bertz CT molecular complexity index is 156. The molecule has 1 aliphatic rings. The van der Waals surface area contributed by atoms with Gasteiger partial charge in [0.15, 0.2) is 0 Å². The third kappa shape index (κ3) is 3.25. The Labute approximate surface area is 88.8 Å². The van der Waals surface area contributed by atoms with Crippen LogP contribution in [0.1, 0.15) is 46.5 Å². The summed E-state index contributed by atoms with van der Waals surface area (Å²) in [5.74, 6) is 0.814. The van der Waals surface area contributed by atoms with Gasteiger partial charge in [0.05, 0.1) is 0 Å². The van der Waals surface area contributed by atoms with Gasteiger partial charge in [0.25, 0.3) is 0 Å². The lowest BCUT2D eigenvalue weighted by atomic mass is 9.95. The molecule has 14 heavy (non-hydrogen) atoms. The molecule has 1 heterocycles. The first-order chi connectivity index (χ1) is 6.65. The average Bonchev–Trinajstić information content (AvgIpc) is 2.18. The first-order valence-corrected chi connectivity index (χ1v) is 6.14. The smallest absolute Gasteiger partial charge is 0.0244 e. The molecule has 0 aromatic rings. The minimum atomic E-state index is 0.333. The SMILES string of the molecule is CCC(C)CN1CCCCC1C(C)N. The lowest BCUT2D eigenvalue weighted by Gasteiger charge is -2.39. The fourth-order valence-electron chi connectivity index (χ4n) is 2.37. The largest absolute Gasteiger partial charge is 0.327 e. The highest BCUT2D eigenvalue weighted by Crippen LogP contribution is 2.20. The third-order valence-electron chi connectivity index (χ3n) is 3.51. The van der Waals surface area contributed by atoms with E-state index < -0.39 is 0 Å². The standard InChI is InChI=1S/C12H26N2/c1-4-10(2)9-14-8-6-5-7-12(14)11(3)13/h10-12H,4-9,13H2,1-3H3. The predicted molar refractivity (Wildman–Crippen MR) is 62.3 cm³/mol. The van der Waals surface area contributed by atoms with Crippen LogP contribution >= 0.6 is 0 Å². The van der Waals surface area contributed by atoms with Gasteiger partial charge in [-0.15, -0.1) is 0 Å². The summed E-state index contributed by atoms with van der Waals surface area (Å²) in [4.78, 5) is 2.61. The van der Waals surface area contributed by atoms with Gasteiger partial charge in [-0.1, -0.05) is 26.7 Å². The van der Waals surface area contributed by atoms with Crippen molar-refractivity contribution in [2.24, 2.45) is 11.7 Å². The van der Waals surface area contributed by atoms with E-state index in [-0.39, 0.29) is 0 Å². The number of rotatable bonds is 4. The molecule has 2 nitrogen and oxygen atoms in total. The van der Waals surface area contributed by atoms with Gasteiger partial charge in [-0.25, -0.2) is 0 Å². The van der Waals surface area contributed by atoms with Crippen molar-refractivity contribution in [1.82, 2.24) is 4.90 Å². The zero-order valence-corrected chi connectivity index (χ0v) is 10.00. The highest BCUT2D eigenvalue weighted by atomic mass is 15.2. The summed E-state index contributed by atoms with van der Waals surface area (Å²) < 4.78 is 0. The highest BCUT2D eigenvalue weighted by Gasteiger charge is 2.25. The number of hydrogen-bond acceptors (Lipinski definition) is 2. The summed E-state index contributed by atoms with van der Waals surface area (Å²) >= 11 is 0. The summed E-state index contributed by atoms with van der Waals surface area (Å²) in [6.07, 6.45) is 5.30. The molecule has 1 rings (SSSR count). The quantitative estimate of drug-likeness (QED) is 0.750. The van der Waals surface area contributed by atoms with Crippen molar-refractivity contribution in [3.05, 3.63) is 0 Å². The van der Waals surface area contributed by atoms with Gasteiger partial charge in [-0.2, -0.15) is 0 Å². The highest BCUT2D eigenvalue weighted by molar-refractivity contribution is 4.83. The molecule has 0 saturated carbocycles. The molecule has 3 atom stereocenters. The lowest BCUT2D eigenvalue weighted by molar-refractivity contribution is 0.112. The predicted octanol–water partition coefficient (Wildman–Crippen LogP) is 2.23. The minimum Gasteiger partial charge on any atom is -0.327 e. The molecule has 0 bridgehead atoms. The molecule has 1 fully saturated rings. The lowest BCUT2D eigenvalue weighted by Crippen LogP contribution is -2.50. The first-order valence-electron chi connectivity index (χ1n) is 6.14. The molecule has 2 N–H and O–H groups in total. The molecular weight excluding hydrogens is 172 g/mol. The monoisotopic (exact) mass is 198 g/mol. The van der Waals surface area contributed by atoms with E-state index in [1.165, 1.54) is 38.8 Å². The number of nitrogens with two attached hydrogens (primary N) is 1. The van der Waals surface area contributed by atoms with Crippen LogP contribution in [0.25, 0.3) is 0 Å². The normalized spacial score (nSPS) is 28.7. The third-order valence-corrected chi connectivity index (χ3v) is 3.51. The molecular formula is C12H26N2. The number of likely N-dealkylation sites (tertiary alicyclic amines) is 1. The maximum absolute atomic E-state index is 6.03. The zero-order valence-electron chi connectivity index (χ0n) is 10.00. The second-order valence-corrected chi connectivity index (χ2v) is 4.93. The molecule has 84 valence electrons. The van der Waals surface area contributed by atoms with Crippen LogP contribution in [-0.4, -0.2) is 30.1 Å². The molecule has 1 aliphatic heterocycles. The number of hydrogen-bond donors (Lipinski definition) is 1. The second-order valence-electron chi connectivity index (χ2n) is 4.93. The maximum Gasteiger partial charge on any atom is 0.0244 e. The van der Waals surface area contributed by atoms with Crippen LogP contribution in [0.4, 0.5) is 0 Å². The van der Waals surface area contributed by atoms with Crippen LogP contribution in [-0.2, 0) is 0 Å². The van der Waals surface area contributed by atoms with Crippen LogP contribution in [0.5, 0.6) is 0 Å². The molecule has 0 radical (unpaired) electrons. The van der Waals surface area contributed by atoms with Crippen LogP contribution < -0.4 is 5.73 Å². The van der Waals surface area contributed by atoms with Crippen molar-refractivity contribution in [3.63, 3.8) is 0 Å². The van der Waals surface area contributed by atoms with E-state index in [1.54, 1.807) is 0 Å². The fraction of sp³-hybridized carbons (Fsp3) is 1.00. The van der Waals surface area contributed by atoms with E-state index in [9.17, 15) is 0 Å². The molecule has 2 heteroatoms. The Morgan fingerprint density at radius 1 is 1.36 bits per heavy atom. The van der Waals surface area contributed by atoms with Crippen LogP contribution in [0.15, 0.2) is 0 Å². The number of piperidine rings is 1. The Kier molecular flexibility index (Phi) is 4.90. The van der Waals surface area contributed by atoms with Gasteiger partial charge in [0.2, 0.25) is 0 Å². The van der Waals surface area contributed by atoms with Gasteiger partial charge >= 0.3 is 0 Å². The van der Waals surface area contributed by atoms with Gasteiger partial charge in [0, 0.05) is 18.6 Å².